The second-order valence-electron chi connectivity index (χ2n) is 2.58. The Balaban J connectivity index is 3.02. The monoisotopic (exact) mass is 228 g/mol. The number of aryl methyl sites for hydroxylation is 1. The van der Waals surface area contributed by atoms with Crippen LogP contribution < -0.4 is 4.74 Å². The van der Waals surface area contributed by atoms with E-state index in [9.17, 15) is 17.6 Å². The molecule has 1 nitrogen and oxygen atoms in total. The average molecular weight is 229 g/mol. The third kappa shape index (κ3) is 2.77. The summed E-state index contributed by atoms with van der Waals surface area (Å²) in [6.07, 6.45) is -4.80. The van der Waals surface area contributed by atoms with Gasteiger partial charge in [-0.1, -0.05) is 11.6 Å². The first-order valence-corrected chi connectivity index (χ1v) is 3.89. The van der Waals surface area contributed by atoms with E-state index >= 15 is 0 Å². The molecular formula is C8H5ClF4O. The lowest BCUT2D eigenvalue weighted by molar-refractivity contribution is -0.274. The Morgan fingerprint density at radius 3 is 2.29 bits per heavy atom. The summed E-state index contributed by atoms with van der Waals surface area (Å²) < 4.78 is 51.7. The van der Waals surface area contributed by atoms with Crippen LogP contribution in [0.15, 0.2) is 12.1 Å². The topological polar surface area (TPSA) is 9.23 Å². The van der Waals surface area contributed by atoms with Crippen LogP contribution in [0.2, 0.25) is 5.02 Å². The highest BCUT2D eigenvalue weighted by atomic mass is 35.5. The highest BCUT2D eigenvalue weighted by molar-refractivity contribution is 6.30. The van der Waals surface area contributed by atoms with Crippen LogP contribution in [0.1, 0.15) is 5.56 Å². The fourth-order valence-corrected chi connectivity index (χ4v) is 1.14. The highest BCUT2D eigenvalue weighted by Gasteiger charge is 2.31. The van der Waals surface area contributed by atoms with E-state index in [2.05, 4.69) is 4.74 Å². The molecule has 1 rings (SSSR count). The predicted octanol–water partition coefficient (Wildman–Crippen LogP) is 3.69. The number of halogens is 5. The molecule has 0 aliphatic carbocycles. The van der Waals surface area contributed by atoms with Crippen molar-refractivity contribution in [3.63, 3.8) is 0 Å². The number of alkyl halides is 3. The van der Waals surface area contributed by atoms with E-state index in [0.29, 0.717) is 0 Å². The standard InChI is InChI=1S/C8H5ClF4O/c1-4-2-5(14-8(11,12)13)3-6(9)7(4)10/h2-3H,1H3. The van der Waals surface area contributed by atoms with E-state index in [1.807, 2.05) is 0 Å². The van der Waals surface area contributed by atoms with Crippen molar-refractivity contribution in [1.82, 2.24) is 0 Å². The summed E-state index contributed by atoms with van der Waals surface area (Å²) in [6.45, 7) is 1.30. The number of hydrogen-bond acceptors (Lipinski definition) is 1. The van der Waals surface area contributed by atoms with Crippen LogP contribution in [0.25, 0.3) is 0 Å². The summed E-state index contributed by atoms with van der Waals surface area (Å²) in [7, 11) is 0. The molecule has 0 aliphatic heterocycles. The van der Waals surface area contributed by atoms with Gasteiger partial charge in [-0.25, -0.2) is 4.39 Å². The van der Waals surface area contributed by atoms with Gasteiger partial charge in [0.1, 0.15) is 11.6 Å². The van der Waals surface area contributed by atoms with E-state index in [0.717, 1.165) is 12.1 Å². The summed E-state index contributed by atoms with van der Waals surface area (Å²) in [6, 6.07) is 1.70. The van der Waals surface area contributed by atoms with Gasteiger partial charge in [-0.3, -0.25) is 0 Å². The maximum Gasteiger partial charge on any atom is 0.573 e. The fraction of sp³-hybridized carbons (Fsp3) is 0.250. The van der Waals surface area contributed by atoms with Crippen LogP contribution in [-0.2, 0) is 0 Å². The van der Waals surface area contributed by atoms with E-state index in [1.54, 1.807) is 0 Å². The molecule has 1 aromatic carbocycles. The third-order valence-electron chi connectivity index (χ3n) is 1.42. The summed E-state index contributed by atoms with van der Waals surface area (Å²) >= 11 is 5.33. The minimum Gasteiger partial charge on any atom is -0.406 e. The van der Waals surface area contributed by atoms with Gasteiger partial charge in [0, 0.05) is 6.07 Å². The first-order chi connectivity index (χ1) is 6.29. The normalized spacial score (nSPS) is 11.6. The van der Waals surface area contributed by atoms with Gasteiger partial charge in [0.2, 0.25) is 0 Å². The van der Waals surface area contributed by atoms with Gasteiger partial charge < -0.3 is 4.74 Å². The number of rotatable bonds is 1. The Bertz CT molecular complexity index is 325. The van der Waals surface area contributed by atoms with Gasteiger partial charge >= 0.3 is 6.36 Å². The second kappa shape index (κ2) is 3.65. The van der Waals surface area contributed by atoms with Gasteiger partial charge in [-0.15, -0.1) is 13.2 Å². The molecule has 0 N–H and O–H groups in total. The van der Waals surface area contributed by atoms with Gasteiger partial charge in [0.15, 0.2) is 0 Å². The van der Waals surface area contributed by atoms with Gasteiger partial charge in [-0.2, -0.15) is 0 Å². The Hall–Kier alpha value is -0.970. The largest absolute Gasteiger partial charge is 0.573 e. The van der Waals surface area contributed by atoms with Crippen molar-refractivity contribution in [1.29, 1.82) is 0 Å². The van der Waals surface area contributed by atoms with Crippen molar-refractivity contribution in [2.75, 3.05) is 0 Å². The van der Waals surface area contributed by atoms with Crippen LogP contribution in [0.5, 0.6) is 5.75 Å². The highest BCUT2D eigenvalue weighted by Crippen LogP contribution is 2.28. The Labute approximate surface area is 82.2 Å². The first kappa shape index (κ1) is 11.1. The molecule has 0 saturated heterocycles. The van der Waals surface area contributed by atoms with Gasteiger partial charge in [-0.05, 0) is 18.6 Å². The van der Waals surface area contributed by atoms with Gasteiger partial charge in [0.05, 0.1) is 5.02 Å². The van der Waals surface area contributed by atoms with Crippen molar-refractivity contribution >= 4 is 11.6 Å². The quantitative estimate of drug-likeness (QED) is 0.666. The zero-order valence-corrected chi connectivity index (χ0v) is 7.71. The lowest BCUT2D eigenvalue weighted by Crippen LogP contribution is -2.17. The van der Waals surface area contributed by atoms with Crippen LogP contribution in [0, 0.1) is 12.7 Å². The molecule has 0 aliphatic rings. The average Bonchev–Trinajstić information content (AvgIpc) is 1.96. The maximum atomic E-state index is 12.9. The van der Waals surface area contributed by atoms with Crippen LogP contribution in [0.3, 0.4) is 0 Å². The lowest BCUT2D eigenvalue weighted by atomic mass is 10.2. The number of benzene rings is 1. The third-order valence-corrected chi connectivity index (χ3v) is 1.69. The predicted molar refractivity (Wildman–Crippen MR) is 42.8 cm³/mol. The van der Waals surface area contributed by atoms with Crippen molar-refractivity contribution in [3.8, 4) is 5.75 Å². The number of ether oxygens (including phenoxy) is 1. The zero-order valence-electron chi connectivity index (χ0n) is 6.95. The Morgan fingerprint density at radius 1 is 1.29 bits per heavy atom. The molecule has 6 heteroatoms. The summed E-state index contributed by atoms with van der Waals surface area (Å²) in [5.74, 6) is -1.28. The van der Waals surface area contributed by atoms with E-state index in [4.69, 9.17) is 11.6 Å². The molecule has 0 fully saturated rings. The molecule has 0 radical (unpaired) electrons. The van der Waals surface area contributed by atoms with E-state index in [1.165, 1.54) is 6.92 Å². The van der Waals surface area contributed by atoms with Gasteiger partial charge in [0.25, 0.3) is 0 Å². The number of hydrogen-bond donors (Lipinski definition) is 0. The minimum absolute atomic E-state index is 0.00301. The smallest absolute Gasteiger partial charge is 0.406 e. The van der Waals surface area contributed by atoms with Crippen LogP contribution in [0.4, 0.5) is 17.6 Å². The SMILES string of the molecule is Cc1cc(OC(F)(F)F)cc(Cl)c1F. The molecule has 0 atom stereocenters. The van der Waals surface area contributed by atoms with Crippen LogP contribution >= 0.6 is 11.6 Å². The molecule has 0 unspecified atom stereocenters. The molecule has 1 aromatic rings. The fourth-order valence-electron chi connectivity index (χ4n) is 0.888. The molecule has 14 heavy (non-hydrogen) atoms. The molecule has 0 bridgehead atoms. The molecular weight excluding hydrogens is 224 g/mol. The van der Waals surface area contributed by atoms with Crippen molar-refractivity contribution in [2.45, 2.75) is 13.3 Å². The molecule has 0 aromatic heterocycles. The molecule has 0 saturated carbocycles. The van der Waals surface area contributed by atoms with E-state index in [-0.39, 0.29) is 5.56 Å². The summed E-state index contributed by atoms with van der Waals surface area (Å²) in [4.78, 5) is 0. The van der Waals surface area contributed by atoms with Crippen molar-refractivity contribution in [2.24, 2.45) is 0 Å². The summed E-state index contributed by atoms with van der Waals surface area (Å²) in [5, 5.41) is -0.399. The molecule has 0 spiro atoms. The molecule has 0 heterocycles. The maximum absolute atomic E-state index is 12.9. The minimum atomic E-state index is -4.80. The first-order valence-electron chi connectivity index (χ1n) is 3.51. The van der Waals surface area contributed by atoms with Crippen molar-refractivity contribution in [3.05, 3.63) is 28.5 Å². The van der Waals surface area contributed by atoms with Crippen molar-refractivity contribution < 1.29 is 22.3 Å². The zero-order chi connectivity index (χ0) is 10.9. The summed E-state index contributed by atoms with van der Waals surface area (Å²) in [5.41, 5.74) is -0.00301. The van der Waals surface area contributed by atoms with Crippen LogP contribution in [-0.4, -0.2) is 6.36 Å². The Morgan fingerprint density at radius 2 is 1.86 bits per heavy atom. The molecule has 78 valence electrons. The lowest BCUT2D eigenvalue weighted by Gasteiger charge is -2.10. The van der Waals surface area contributed by atoms with E-state index < -0.39 is 23.0 Å². The Kier molecular flexibility index (Phi) is 2.89. The second-order valence-corrected chi connectivity index (χ2v) is 2.99. The molecule has 0 amide bonds.